The van der Waals surface area contributed by atoms with Crippen LogP contribution in [0.1, 0.15) is 18.1 Å². The Kier molecular flexibility index (Phi) is 4.35. The molecule has 0 aliphatic heterocycles. The van der Waals surface area contributed by atoms with Crippen molar-refractivity contribution in [2.45, 2.75) is 12.5 Å². The van der Waals surface area contributed by atoms with Crippen LogP contribution in [-0.2, 0) is 5.54 Å². The van der Waals surface area contributed by atoms with E-state index in [2.05, 4.69) is 15.9 Å². The summed E-state index contributed by atoms with van der Waals surface area (Å²) < 4.78 is 11.6. The summed E-state index contributed by atoms with van der Waals surface area (Å²) in [7, 11) is 3.26. The molecule has 0 radical (unpaired) electrons. The molecule has 2 rings (SSSR count). The minimum atomic E-state index is -0.633. The number of ether oxygens (including phenoxy) is 2. The van der Waals surface area contributed by atoms with Crippen molar-refractivity contribution in [1.82, 2.24) is 0 Å². The van der Waals surface area contributed by atoms with Crippen molar-refractivity contribution in [2.24, 2.45) is 5.73 Å². The molecule has 1 atom stereocenters. The van der Waals surface area contributed by atoms with Crippen molar-refractivity contribution in [3.8, 4) is 11.5 Å². The van der Waals surface area contributed by atoms with Gasteiger partial charge in [-0.3, -0.25) is 0 Å². The summed E-state index contributed by atoms with van der Waals surface area (Å²) in [5.41, 5.74) is 7.86. The summed E-state index contributed by atoms with van der Waals surface area (Å²) >= 11 is 3.48. The van der Waals surface area contributed by atoms with E-state index in [1.54, 1.807) is 14.2 Å². The van der Waals surface area contributed by atoms with Crippen LogP contribution in [0.25, 0.3) is 0 Å². The average molecular weight is 336 g/mol. The van der Waals surface area contributed by atoms with E-state index in [-0.39, 0.29) is 0 Å². The van der Waals surface area contributed by atoms with E-state index in [1.165, 1.54) is 0 Å². The van der Waals surface area contributed by atoms with Gasteiger partial charge in [-0.25, -0.2) is 0 Å². The molecule has 0 aromatic heterocycles. The molecule has 1 unspecified atom stereocenters. The van der Waals surface area contributed by atoms with Crippen LogP contribution in [0.3, 0.4) is 0 Å². The Morgan fingerprint density at radius 1 is 0.950 bits per heavy atom. The predicted octanol–water partition coefficient (Wildman–Crippen LogP) is 3.69. The van der Waals surface area contributed by atoms with E-state index in [1.807, 2.05) is 49.4 Å². The lowest BCUT2D eigenvalue weighted by atomic mass is 9.85. The van der Waals surface area contributed by atoms with E-state index < -0.39 is 5.54 Å². The maximum Gasteiger partial charge on any atom is 0.122 e. The van der Waals surface area contributed by atoms with Crippen molar-refractivity contribution >= 4 is 15.9 Å². The zero-order valence-electron chi connectivity index (χ0n) is 11.8. The second-order valence-corrected chi connectivity index (χ2v) is 5.73. The van der Waals surface area contributed by atoms with Gasteiger partial charge in [-0.15, -0.1) is 0 Å². The fourth-order valence-electron chi connectivity index (χ4n) is 2.09. The quantitative estimate of drug-likeness (QED) is 0.926. The second kappa shape index (κ2) is 5.85. The fraction of sp³-hybridized carbons (Fsp3) is 0.250. The Morgan fingerprint density at radius 2 is 1.55 bits per heavy atom. The van der Waals surface area contributed by atoms with Crippen molar-refractivity contribution in [2.75, 3.05) is 14.2 Å². The van der Waals surface area contributed by atoms with Gasteiger partial charge in [0.2, 0.25) is 0 Å². The van der Waals surface area contributed by atoms with Crippen LogP contribution in [0.15, 0.2) is 46.9 Å². The number of halogens is 1. The molecule has 0 amide bonds. The molecule has 0 bridgehead atoms. The Bertz CT molecular complexity index is 589. The molecule has 0 heterocycles. The minimum Gasteiger partial charge on any atom is -0.497 e. The normalized spacial score (nSPS) is 13.7. The molecule has 3 nitrogen and oxygen atoms in total. The molecule has 0 saturated heterocycles. The molecule has 0 saturated carbocycles. The van der Waals surface area contributed by atoms with E-state index in [0.29, 0.717) is 0 Å². The summed E-state index contributed by atoms with van der Waals surface area (Å²) in [6.45, 7) is 1.98. The summed E-state index contributed by atoms with van der Waals surface area (Å²) in [5.74, 6) is 1.46. The molecule has 2 aromatic rings. The predicted molar refractivity (Wildman–Crippen MR) is 84.3 cm³/mol. The van der Waals surface area contributed by atoms with Crippen molar-refractivity contribution in [3.63, 3.8) is 0 Å². The van der Waals surface area contributed by atoms with E-state index in [9.17, 15) is 0 Å². The highest BCUT2D eigenvalue weighted by Gasteiger charge is 2.25. The number of benzene rings is 2. The third-order valence-electron chi connectivity index (χ3n) is 3.38. The Balaban J connectivity index is 2.53. The van der Waals surface area contributed by atoms with Gasteiger partial charge in [0.25, 0.3) is 0 Å². The molecule has 0 spiro atoms. The highest BCUT2D eigenvalue weighted by atomic mass is 79.9. The van der Waals surface area contributed by atoms with E-state index >= 15 is 0 Å². The lowest BCUT2D eigenvalue weighted by Gasteiger charge is -2.27. The monoisotopic (exact) mass is 335 g/mol. The van der Waals surface area contributed by atoms with Gasteiger partial charge in [0.15, 0.2) is 0 Å². The van der Waals surface area contributed by atoms with Gasteiger partial charge >= 0.3 is 0 Å². The van der Waals surface area contributed by atoms with Crippen LogP contribution in [0.5, 0.6) is 11.5 Å². The number of hydrogen-bond acceptors (Lipinski definition) is 3. The molecule has 20 heavy (non-hydrogen) atoms. The maximum atomic E-state index is 6.54. The molecule has 0 fully saturated rings. The third-order valence-corrected chi connectivity index (χ3v) is 3.87. The lowest BCUT2D eigenvalue weighted by molar-refractivity contribution is 0.391. The lowest BCUT2D eigenvalue weighted by Crippen LogP contribution is -2.34. The van der Waals surface area contributed by atoms with Crippen LogP contribution in [0.2, 0.25) is 0 Å². The van der Waals surface area contributed by atoms with Crippen LogP contribution < -0.4 is 15.2 Å². The average Bonchev–Trinajstić information content (AvgIpc) is 2.46. The van der Waals surface area contributed by atoms with Gasteiger partial charge in [0.1, 0.15) is 11.5 Å². The van der Waals surface area contributed by atoms with Crippen molar-refractivity contribution < 1.29 is 9.47 Å². The Labute approximate surface area is 127 Å². The van der Waals surface area contributed by atoms with Gasteiger partial charge in [-0.1, -0.05) is 28.1 Å². The van der Waals surface area contributed by atoms with Crippen LogP contribution in [0, 0.1) is 0 Å². The van der Waals surface area contributed by atoms with Gasteiger partial charge in [-0.2, -0.15) is 0 Å². The van der Waals surface area contributed by atoms with Gasteiger partial charge in [0.05, 0.1) is 19.8 Å². The first-order chi connectivity index (χ1) is 9.47. The summed E-state index contributed by atoms with van der Waals surface area (Å²) in [6, 6.07) is 13.7. The fourth-order valence-corrected chi connectivity index (χ4v) is 2.48. The molecule has 2 N–H and O–H groups in total. The molecule has 0 aliphatic rings. The summed E-state index contributed by atoms with van der Waals surface area (Å²) in [5, 5.41) is 0. The number of methoxy groups -OCH3 is 2. The molecular formula is C16H18BrNO2. The van der Waals surface area contributed by atoms with Crippen molar-refractivity contribution in [3.05, 3.63) is 58.1 Å². The molecular weight excluding hydrogens is 318 g/mol. The Hall–Kier alpha value is -1.52. The van der Waals surface area contributed by atoms with Crippen LogP contribution in [0.4, 0.5) is 0 Å². The van der Waals surface area contributed by atoms with E-state index in [4.69, 9.17) is 15.2 Å². The summed E-state index contributed by atoms with van der Waals surface area (Å²) in [6.07, 6.45) is 0. The first kappa shape index (κ1) is 14.9. The highest BCUT2D eigenvalue weighted by molar-refractivity contribution is 9.10. The summed E-state index contributed by atoms with van der Waals surface area (Å²) in [4.78, 5) is 0. The maximum absolute atomic E-state index is 6.54. The van der Waals surface area contributed by atoms with Crippen LogP contribution in [-0.4, -0.2) is 14.2 Å². The number of rotatable bonds is 4. The first-order valence-electron chi connectivity index (χ1n) is 6.26. The molecule has 106 valence electrons. The minimum absolute atomic E-state index is 0.633. The smallest absolute Gasteiger partial charge is 0.122 e. The van der Waals surface area contributed by atoms with Gasteiger partial charge < -0.3 is 15.2 Å². The molecule has 2 aromatic carbocycles. The SMILES string of the molecule is COc1cc(OC)cc(C(C)(N)c2cccc(Br)c2)c1. The van der Waals surface area contributed by atoms with Gasteiger partial charge in [0, 0.05) is 10.5 Å². The van der Waals surface area contributed by atoms with Crippen LogP contribution >= 0.6 is 15.9 Å². The largest absolute Gasteiger partial charge is 0.497 e. The molecule has 0 aliphatic carbocycles. The van der Waals surface area contributed by atoms with Crippen molar-refractivity contribution in [1.29, 1.82) is 0 Å². The first-order valence-corrected chi connectivity index (χ1v) is 7.05. The van der Waals surface area contributed by atoms with Gasteiger partial charge in [-0.05, 0) is 42.3 Å². The van der Waals surface area contributed by atoms with E-state index in [0.717, 1.165) is 27.1 Å². The Morgan fingerprint density at radius 3 is 2.05 bits per heavy atom. The zero-order valence-corrected chi connectivity index (χ0v) is 13.4. The second-order valence-electron chi connectivity index (χ2n) is 4.81. The standard InChI is InChI=1S/C16H18BrNO2/c1-16(18,11-5-4-6-13(17)7-11)12-8-14(19-2)10-15(9-12)20-3/h4-10H,18H2,1-3H3. The third kappa shape index (κ3) is 2.97. The highest BCUT2D eigenvalue weighted by Crippen LogP contribution is 2.33. The topological polar surface area (TPSA) is 44.5 Å². The number of nitrogens with two attached hydrogens (primary N) is 1. The zero-order chi connectivity index (χ0) is 14.8. The number of hydrogen-bond donors (Lipinski definition) is 1. The molecule has 4 heteroatoms.